The fraction of sp³-hybridized carbons (Fsp3) is 0.207. The summed E-state index contributed by atoms with van der Waals surface area (Å²) >= 11 is 8.75. The van der Waals surface area contributed by atoms with Gasteiger partial charge in [0.1, 0.15) is 23.4 Å². The Morgan fingerprint density at radius 2 is 1.79 bits per heavy atom. The molecule has 2 aliphatic heterocycles. The molecule has 1 aromatic heterocycles. The largest absolute Gasteiger partial charge is 0.497 e. The van der Waals surface area contributed by atoms with Crippen LogP contribution in [0, 0.1) is 12.8 Å². The molecule has 6 rings (SSSR count). The van der Waals surface area contributed by atoms with E-state index < -0.39 is 17.1 Å². The Morgan fingerprint density at radius 3 is 2.54 bits per heavy atom. The summed E-state index contributed by atoms with van der Waals surface area (Å²) in [6.45, 7) is 2.33. The smallest absolute Gasteiger partial charge is 0.305 e. The number of imide groups is 1. The third-order valence-electron chi connectivity index (χ3n) is 6.94. The lowest BCUT2D eigenvalue weighted by Gasteiger charge is -2.31. The van der Waals surface area contributed by atoms with Crippen molar-refractivity contribution in [2.75, 3.05) is 12.0 Å². The molecule has 1 fully saturated rings. The Balaban J connectivity index is 1.43. The summed E-state index contributed by atoms with van der Waals surface area (Å²) < 4.78 is 11.5. The van der Waals surface area contributed by atoms with Crippen LogP contribution in [0.5, 0.6) is 11.5 Å². The second-order valence-corrected chi connectivity index (χ2v) is 12.0. The number of fused-ring (bicyclic) bond motifs is 2. The van der Waals surface area contributed by atoms with Crippen LogP contribution in [0.1, 0.15) is 27.5 Å². The number of amides is 2. The number of carbonyl (C=O) groups is 2. The van der Waals surface area contributed by atoms with Gasteiger partial charge in [0.15, 0.2) is 0 Å². The van der Waals surface area contributed by atoms with Crippen LogP contribution >= 0.6 is 34.7 Å². The molecule has 3 atom stereocenters. The van der Waals surface area contributed by atoms with E-state index in [4.69, 9.17) is 21.1 Å². The number of aromatic nitrogens is 1. The first-order valence-electron chi connectivity index (χ1n) is 12.2. The Bertz CT molecular complexity index is 1650. The van der Waals surface area contributed by atoms with Gasteiger partial charge in [-0.3, -0.25) is 14.4 Å². The molecule has 3 heterocycles. The molecule has 4 aromatic rings. The lowest BCUT2D eigenvalue weighted by atomic mass is 9.82. The Hall–Kier alpha value is -3.53. The maximum Gasteiger partial charge on any atom is 0.305 e. The van der Waals surface area contributed by atoms with Gasteiger partial charge in [-0.25, -0.2) is 4.90 Å². The molecule has 198 valence electrons. The van der Waals surface area contributed by atoms with Gasteiger partial charge in [-0.2, -0.15) is 0 Å². The van der Waals surface area contributed by atoms with Crippen LogP contribution in [0.2, 0.25) is 5.02 Å². The predicted octanol–water partition coefficient (Wildman–Crippen LogP) is 5.78. The molecule has 3 aromatic carbocycles. The van der Waals surface area contributed by atoms with Crippen molar-refractivity contribution in [1.82, 2.24) is 4.98 Å². The van der Waals surface area contributed by atoms with Crippen LogP contribution in [0.15, 0.2) is 76.6 Å². The number of nitrogens with one attached hydrogen (secondary N) is 1. The molecule has 0 bridgehead atoms. The third kappa shape index (κ3) is 4.64. The Morgan fingerprint density at radius 1 is 1.00 bits per heavy atom. The number of methoxy groups -OCH3 is 1. The second-order valence-electron chi connectivity index (χ2n) is 9.42. The monoisotopic (exact) mass is 578 g/mol. The number of rotatable bonds is 6. The van der Waals surface area contributed by atoms with Gasteiger partial charge in [-0.05, 0) is 55.0 Å². The zero-order chi connectivity index (χ0) is 27.3. The molecular weight excluding hydrogens is 556 g/mol. The summed E-state index contributed by atoms with van der Waals surface area (Å²) in [6.07, 6.45) is 0. The molecule has 0 saturated carbocycles. The molecular formula is C29H23ClN2O5S2. The topological polar surface area (TPSA) is 88.7 Å². The minimum absolute atomic E-state index is 0.242. The number of thioether (sulfide) groups is 1. The number of aromatic amines is 1. The average Bonchev–Trinajstić information content (AvgIpc) is 3.42. The minimum atomic E-state index is -0.747. The highest BCUT2D eigenvalue weighted by Gasteiger charge is 2.56. The molecule has 1 saturated heterocycles. The van der Waals surface area contributed by atoms with E-state index in [1.807, 2.05) is 31.2 Å². The van der Waals surface area contributed by atoms with E-state index in [2.05, 4.69) is 4.98 Å². The Kier molecular flexibility index (Phi) is 6.74. The highest BCUT2D eigenvalue weighted by atomic mass is 35.5. The second kappa shape index (κ2) is 10.2. The first-order valence-corrected chi connectivity index (χ1v) is 14.3. The van der Waals surface area contributed by atoms with Crippen LogP contribution < -0.4 is 19.2 Å². The first kappa shape index (κ1) is 25.7. The zero-order valence-corrected chi connectivity index (χ0v) is 23.4. The molecule has 0 unspecified atom stereocenters. The fourth-order valence-electron chi connectivity index (χ4n) is 5.19. The standard InChI is InChI=1S/C29H23ClN2O5S2/c1-15-4-3-5-16(12-15)14-37-21-11-6-17(30)13-20(21)22-23-25(38-26-24(22)39-29(35)31-26)28(34)32(27(23)33)18-7-9-19(36-2)10-8-18/h3-13,22-23,25H,14H2,1-2H3,(H,31,35)/t22-,23-,25+/m0/s1. The van der Waals surface area contributed by atoms with Gasteiger partial charge >= 0.3 is 4.87 Å². The lowest BCUT2D eigenvalue weighted by molar-refractivity contribution is -0.122. The van der Waals surface area contributed by atoms with Crippen molar-refractivity contribution >= 4 is 52.2 Å². The number of aryl methyl sites for hydroxylation is 1. The summed E-state index contributed by atoms with van der Waals surface area (Å²) in [5.74, 6) is -0.830. The molecule has 39 heavy (non-hydrogen) atoms. The van der Waals surface area contributed by atoms with Crippen LogP contribution in [0.4, 0.5) is 5.69 Å². The van der Waals surface area contributed by atoms with Crippen molar-refractivity contribution < 1.29 is 19.1 Å². The molecule has 2 amide bonds. The number of anilines is 1. The highest BCUT2D eigenvalue weighted by molar-refractivity contribution is 8.00. The van der Waals surface area contributed by atoms with E-state index in [0.29, 0.717) is 44.3 Å². The van der Waals surface area contributed by atoms with Crippen molar-refractivity contribution in [1.29, 1.82) is 0 Å². The fourth-order valence-corrected chi connectivity index (χ4v) is 7.88. The van der Waals surface area contributed by atoms with Crippen molar-refractivity contribution in [3.05, 3.63) is 103 Å². The van der Waals surface area contributed by atoms with Crippen LogP contribution in [-0.4, -0.2) is 29.2 Å². The van der Waals surface area contributed by atoms with E-state index in [1.165, 1.54) is 16.7 Å². The number of hydrogen-bond acceptors (Lipinski definition) is 7. The molecule has 0 radical (unpaired) electrons. The van der Waals surface area contributed by atoms with Gasteiger partial charge in [0.2, 0.25) is 11.8 Å². The van der Waals surface area contributed by atoms with Crippen LogP contribution in [-0.2, 0) is 16.2 Å². The maximum absolute atomic E-state index is 14.0. The molecule has 1 N–H and O–H groups in total. The molecule has 7 nitrogen and oxygen atoms in total. The van der Waals surface area contributed by atoms with Crippen molar-refractivity contribution in [2.24, 2.45) is 5.92 Å². The Labute approximate surface area is 237 Å². The molecule has 0 spiro atoms. The number of halogens is 1. The third-order valence-corrected chi connectivity index (χ3v) is 9.57. The molecule has 10 heteroatoms. The van der Waals surface area contributed by atoms with Crippen molar-refractivity contribution in [3.63, 3.8) is 0 Å². The average molecular weight is 579 g/mol. The number of hydrogen-bond donors (Lipinski definition) is 1. The normalized spacial score (nSPS) is 20.1. The zero-order valence-electron chi connectivity index (χ0n) is 21.0. The van der Waals surface area contributed by atoms with E-state index in [9.17, 15) is 14.4 Å². The summed E-state index contributed by atoms with van der Waals surface area (Å²) in [5, 5.41) is 0.348. The predicted molar refractivity (Wildman–Crippen MR) is 152 cm³/mol. The molecule has 2 aliphatic rings. The summed E-state index contributed by atoms with van der Waals surface area (Å²) in [4.78, 5) is 44.7. The van der Waals surface area contributed by atoms with Crippen molar-refractivity contribution in [3.8, 4) is 11.5 Å². The minimum Gasteiger partial charge on any atom is -0.497 e. The number of thiazole rings is 1. The van der Waals surface area contributed by atoms with Crippen molar-refractivity contribution in [2.45, 2.75) is 29.7 Å². The number of H-pyrrole nitrogens is 1. The van der Waals surface area contributed by atoms with E-state index >= 15 is 0 Å². The van der Waals surface area contributed by atoms with Gasteiger partial charge in [0.05, 0.1) is 23.7 Å². The van der Waals surface area contributed by atoms with E-state index in [-0.39, 0.29) is 16.7 Å². The summed E-state index contributed by atoms with van der Waals surface area (Å²) in [7, 11) is 1.56. The van der Waals surface area contributed by atoms with E-state index in [1.54, 1.807) is 49.6 Å². The quantitative estimate of drug-likeness (QED) is 0.292. The SMILES string of the molecule is COc1ccc(N2C(=O)[C@H]3[C@H](c4cc(Cl)ccc4OCc4cccc(C)c4)c4sc(=O)[nH]c4S[C@H]3C2=O)cc1. The van der Waals surface area contributed by atoms with E-state index in [0.717, 1.165) is 22.5 Å². The molecule has 0 aliphatic carbocycles. The number of ether oxygens (including phenoxy) is 2. The lowest BCUT2D eigenvalue weighted by Crippen LogP contribution is -2.32. The number of nitrogens with zero attached hydrogens (tertiary/aromatic N) is 1. The van der Waals surface area contributed by atoms with Gasteiger partial charge in [-0.1, -0.05) is 64.5 Å². The maximum atomic E-state index is 14.0. The van der Waals surface area contributed by atoms with Gasteiger partial charge in [0, 0.05) is 21.4 Å². The summed E-state index contributed by atoms with van der Waals surface area (Å²) in [6, 6.07) is 20.1. The van der Waals surface area contributed by atoms with Crippen LogP contribution in [0.3, 0.4) is 0 Å². The van der Waals surface area contributed by atoms with Gasteiger partial charge in [0.25, 0.3) is 0 Å². The van der Waals surface area contributed by atoms with Crippen LogP contribution in [0.25, 0.3) is 0 Å². The number of carbonyl (C=O) groups excluding carboxylic acids is 2. The van der Waals surface area contributed by atoms with Gasteiger partial charge < -0.3 is 14.5 Å². The number of benzene rings is 3. The first-order chi connectivity index (χ1) is 18.8. The van der Waals surface area contributed by atoms with Gasteiger partial charge in [-0.15, -0.1) is 0 Å². The highest BCUT2D eigenvalue weighted by Crippen LogP contribution is 2.54. The summed E-state index contributed by atoms with van der Waals surface area (Å²) in [5.41, 5.74) is 3.26.